The van der Waals surface area contributed by atoms with E-state index in [0.717, 1.165) is 10.2 Å². The van der Waals surface area contributed by atoms with Crippen LogP contribution in [0.3, 0.4) is 0 Å². The Balaban J connectivity index is 1.68. The summed E-state index contributed by atoms with van der Waals surface area (Å²) in [5, 5.41) is 7.42. The number of halogens is 1. The Morgan fingerprint density at radius 3 is 2.59 bits per heavy atom. The second-order valence-corrected chi connectivity index (χ2v) is 6.74. The Morgan fingerprint density at radius 2 is 1.88 bits per heavy atom. The van der Waals surface area contributed by atoms with Crippen LogP contribution in [0.25, 0.3) is 11.4 Å². The van der Waals surface area contributed by atoms with Gasteiger partial charge in [-0.2, -0.15) is 9.67 Å². The van der Waals surface area contributed by atoms with Crippen molar-refractivity contribution in [3.8, 4) is 22.9 Å². The van der Waals surface area contributed by atoms with Crippen molar-refractivity contribution in [2.24, 2.45) is 0 Å². The largest absolute Gasteiger partial charge is 0.493 e. The molecule has 0 spiro atoms. The number of hydrogen-bond acceptors (Lipinski definition) is 7. The van der Waals surface area contributed by atoms with Gasteiger partial charge in [-0.3, -0.25) is 9.78 Å². The molecule has 0 radical (unpaired) electrons. The van der Waals surface area contributed by atoms with Crippen molar-refractivity contribution < 1.29 is 18.7 Å². The van der Waals surface area contributed by atoms with Crippen LogP contribution in [0.5, 0.6) is 11.5 Å². The van der Waals surface area contributed by atoms with Crippen LogP contribution in [-0.2, 0) is 6.54 Å². The lowest BCUT2D eigenvalue weighted by atomic mass is 10.2. The van der Waals surface area contributed by atoms with Crippen LogP contribution in [0.4, 0.5) is 10.3 Å². The Morgan fingerprint density at radius 1 is 1.06 bits per heavy atom. The highest BCUT2D eigenvalue weighted by molar-refractivity contribution is 5.97. The maximum atomic E-state index is 14.3. The van der Waals surface area contributed by atoms with Gasteiger partial charge in [0.05, 0.1) is 19.8 Å². The number of rotatable bonds is 7. The van der Waals surface area contributed by atoms with E-state index in [9.17, 15) is 9.18 Å². The molecular weight excluding hydrogens is 413 g/mol. The number of hydrogen-bond donors (Lipinski definition) is 1. The van der Waals surface area contributed by atoms with E-state index in [-0.39, 0.29) is 17.3 Å². The van der Waals surface area contributed by atoms with E-state index in [1.54, 1.807) is 50.9 Å². The van der Waals surface area contributed by atoms with Crippen LogP contribution in [-0.4, -0.2) is 39.9 Å². The molecule has 2 heterocycles. The maximum Gasteiger partial charge on any atom is 0.284 e. The van der Waals surface area contributed by atoms with E-state index in [1.165, 1.54) is 18.2 Å². The second kappa shape index (κ2) is 9.25. The lowest BCUT2D eigenvalue weighted by Gasteiger charge is -2.11. The highest BCUT2D eigenvalue weighted by Gasteiger charge is 2.21. The molecule has 0 aliphatic rings. The average Bonchev–Trinajstić information content (AvgIpc) is 3.27. The van der Waals surface area contributed by atoms with Gasteiger partial charge in [-0.05, 0) is 42.0 Å². The SMILES string of the molecule is COc1ccc(CNc2nc(-c3cccnc3)nn2C(=O)c2ccccc2F)cc1OC. The molecule has 162 valence electrons. The first-order valence-corrected chi connectivity index (χ1v) is 9.72. The monoisotopic (exact) mass is 433 g/mol. The number of carbonyl (C=O) groups excluding carboxylic acids is 1. The average molecular weight is 433 g/mol. The molecule has 0 bridgehead atoms. The molecular formula is C23H20FN5O3. The summed E-state index contributed by atoms with van der Waals surface area (Å²) < 4.78 is 25.9. The van der Waals surface area contributed by atoms with Gasteiger partial charge in [0, 0.05) is 24.5 Å². The molecule has 0 aliphatic carbocycles. The maximum absolute atomic E-state index is 14.3. The van der Waals surface area contributed by atoms with Crippen LogP contribution in [0.1, 0.15) is 15.9 Å². The molecule has 0 saturated carbocycles. The van der Waals surface area contributed by atoms with Crippen molar-refractivity contribution in [1.29, 1.82) is 0 Å². The highest BCUT2D eigenvalue weighted by Crippen LogP contribution is 2.28. The summed E-state index contributed by atoms with van der Waals surface area (Å²) in [5.41, 5.74) is 1.38. The first-order valence-electron chi connectivity index (χ1n) is 9.72. The van der Waals surface area contributed by atoms with Gasteiger partial charge in [0.15, 0.2) is 17.3 Å². The van der Waals surface area contributed by atoms with Crippen LogP contribution in [0.15, 0.2) is 67.0 Å². The first kappa shape index (κ1) is 21.0. The molecule has 8 nitrogen and oxygen atoms in total. The predicted octanol–water partition coefficient (Wildman–Crippen LogP) is 3.80. The molecule has 0 amide bonds. The summed E-state index contributed by atoms with van der Waals surface area (Å²) in [4.78, 5) is 21.6. The fourth-order valence-corrected chi connectivity index (χ4v) is 3.11. The van der Waals surface area contributed by atoms with E-state index in [4.69, 9.17) is 9.47 Å². The second-order valence-electron chi connectivity index (χ2n) is 6.74. The number of nitrogens with zero attached hydrogens (tertiary/aromatic N) is 4. The van der Waals surface area contributed by atoms with Gasteiger partial charge in [0.2, 0.25) is 5.95 Å². The third-order valence-electron chi connectivity index (χ3n) is 4.72. The Kier molecular flexibility index (Phi) is 6.07. The third kappa shape index (κ3) is 4.27. The zero-order valence-electron chi connectivity index (χ0n) is 17.4. The molecule has 0 fully saturated rings. The normalized spacial score (nSPS) is 10.6. The highest BCUT2D eigenvalue weighted by atomic mass is 19.1. The predicted molar refractivity (Wildman–Crippen MR) is 116 cm³/mol. The van der Waals surface area contributed by atoms with Gasteiger partial charge in [-0.15, -0.1) is 5.10 Å². The molecule has 32 heavy (non-hydrogen) atoms. The summed E-state index contributed by atoms with van der Waals surface area (Å²) in [6, 6.07) is 14.7. The smallest absolute Gasteiger partial charge is 0.284 e. The number of pyridine rings is 1. The summed E-state index contributed by atoms with van der Waals surface area (Å²) in [6.45, 7) is 0.316. The van der Waals surface area contributed by atoms with Gasteiger partial charge in [0.25, 0.3) is 5.91 Å². The van der Waals surface area contributed by atoms with E-state index in [1.807, 2.05) is 12.1 Å². The standard InChI is InChI=1S/C23H20FN5O3/c1-31-19-10-9-15(12-20(19)32-2)13-26-23-27-21(16-6-5-11-25-14-16)28-29(23)22(30)17-7-3-4-8-18(17)24/h3-12,14H,13H2,1-2H3,(H,26,27,28). The van der Waals surface area contributed by atoms with Crippen molar-refractivity contribution >= 4 is 11.9 Å². The Hall–Kier alpha value is -4.27. The minimum Gasteiger partial charge on any atom is -0.493 e. The van der Waals surface area contributed by atoms with Gasteiger partial charge in [0.1, 0.15) is 5.82 Å². The molecule has 4 rings (SSSR count). The zero-order valence-corrected chi connectivity index (χ0v) is 17.4. The quantitative estimate of drug-likeness (QED) is 0.474. The van der Waals surface area contributed by atoms with Crippen LogP contribution >= 0.6 is 0 Å². The van der Waals surface area contributed by atoms with Crippen LogP contribution in [0.2, 0.25) is 0 Å². The third-order valence-corrected chi connectivity index (χ3v) is 4.72. The number of nitrogens with one attached hydrogen (secondary N) is 1. The fourth-order valence-electron chi connectivity index (χ4n) is 3.11. The Labute approximate surface area is 183 Å². The van der Waals surface area contributed by atoms with Gasteiger partial charge in [-0.1, -0.05) is 18.2 Å². The first-order chi connectivity index (χ1) is 15.6. The van der Waals surface area contributed by atoms with E-state index >= 15 is 0 Å². The molecule has 1 N–H and O–H groups in total. The number of anilines is 1. The van der Waals surface area contributed by atoms with Crippen molar-refractivity contribution in [2.75, 3.05) is 19.5 Å². The van der Waals surface area contributed by atoms with Gasteiger partial charge in [-0.25, -0.2) is 4.39 Å². The number of methoxy groups -OCH3 is 2. The summed E-state index contributed by atoms with van der Waals surface area (Å²) in [5.74, 6) is 0.367. The molecule has 0 atom stereocenters. The minimum absolute atomic E-state index is 0.107. The molecule has 0 aliphatic heterocycles. The molecule has 9 heteroatoms. The van der Waals surface area contributed by atoms with Crippen molar-refractivity contribution in [3.63, 3.8) is 0 Å². The Bertz CT molecular complexity index is 1240. The van der Waals surface area contributed by atoms with Crippen LogP contribution < -0.4 is 14.8 Å². The lowest BCUT2D eigenvalue weighted by Crippen LogP contribution is -2.18. The van der Waals surface area contributed by atoms with Crippen molar-refractivity contribution in [3.05, 3.63) is 83.9 Å². The summed E-state index contributed by atoms with van der Waals surface area (Å²) >= 11 is 0. The fraction of sp³-hybridized carbons (Fsp3) is 0.130. The van der Waals surface area contributed by atoms with Gasteiger partial charge < -0.3 is 14.8 Å². The van der Waals surface area contributed by atoms with E-state index in [0.29, 0.717) is 23.6 Å². The summed E-state index contributed by atoms with van der Waals surface area (Å²) in [7, 11) is 3.12. The zero-order chi connectivity index (χ0) is 22.5. The molecule has 2 aromatic carbocycles. The molecule has 0 saturated heterocycles. The van der Waals surface area contributed by atoms with Crippen molar-refractivity contribution in [2.45, 2.75) is 6.54 Å². The number of aromatic nitrogens is 4. The van der Waals surface area contributed by atoms with Gasteiger partial charge >= 0.3 is 0 Å². The van der Waals surface area contributed by atoms with Crippen molar-refractivity contribution in [1.82, 2.24) is 19.7 Å². The summed E-state index contributed by atoms with van der Waals surface area (Å²) in [6.07, 6.45) is 3.21. The topological polar surface area (TPSA) is 91.2 Å². The number of benzene rings is 2. The lowest BCUT2D eigenvalue weighted by molar-refractivity contribution is 0.0943. The molecule has 2 aromatic heterocycles. The molecule has 4 aromatic rings. The number of ether oxygens (including phenoxy) is 2. The van der Waals surface area contributed by atoms with E-state index in [2.05, 4.69) is 20.4 Å². The van der Waals surface area contributed by atoms with Crippen LogP contribution in [0, 0.1) is 5.82 Å². The van der Waals surface area contributed by atoms with E-state index < -0.39 is 11.7 Å². The molecule has 0 unspecified atom stereocenters. The minimum atomic E-state index is -0.638. The number of carbonyl (C=O) groups is 1.